The van der Waals surface area contributed by atoms with Crippen molar-refractivity contribution in [1.82, 2.24) is 20.0 Å². The number of amides is 1. The predicted molar refractivity (Wildman–Crippen MR) is 79.2 cm³/mol. The second-order valence-corrected chi connectivity index (χ2v) is 5.66. The van der Waals surface area contributed by atoms with Gasteiger partial charge in [0.25, 0.3) is 0 Å². The molecule has 1 aromatic heterocycles. The highest BCUT2D eigenvalue weighted by Gasteiger charge is 2.35. The third kappa shape index (κ3) is 3.10. The lowest BCUT2D eigenvalue weighted by Gasteiger charge is -2.39. The van der Waals surface area contributed by atoms with Gasteiger partial charge < -0.3 is 10.2 Å². The van der Waals surface area contributed by atoms with Gasteiger partial charge in [0.2, 0.25) is 5.91 Å². The average Bonchev–Trinajstić information content (AvgIpc) is 2.80. The Bertz CT molecular complexity index is 502. The molecule has 2 atom stereocenters. The van der Waals surface area contributed by atoms with Crippen molar-refractivity contribution in [3.8, 4) is 0 Å². The monoisotopic (exact) mass is 276 g/mol. The first-order valence-electron chi connectivity index (χ1n) is 7.11. The van der Waals surface area contributed by atoms with Crippen molar-refractivity contribution in [3.63, 3.8) is 0 Å². The summed E-state index contributed by atoms with van der Waals surface area (Å²) in [7, 11) is 3.81. The molecule has 0 spiro atoms. The Hall–Kier alpha value is -1.62. The molecule has 1 aromatic rings. The SMILES string of the molecule is CC(C)=CCN[C@@H]1CCC(=O)N(C)[C@H]1c1ccnn1C. The van der Waals surface area contributed by atoms with Crippen LogP contribution in [0.2, 0.25) is 0 Å². The van der Waals surface area contributed by atoms with Crippen molar-refractivity contribution in [1.29, 1.82) is 0 Å². The largest absolute Gasteiger partial charge is 0.336 e. The minimum atomic E-state index is 0.0503. The number of likely N-dealkylation sites (N-methyl/N-ethyl adjacent to an activating group) is 1. The number of hydrogen-bond donors (Lipinski definition) is 1. The topological polar surface area (TPSA) is 50.2 Å². The van der Waals surface area contributed by atoms with Crippen LogP contribution in [0, 0.1) is 0 Å². The first kappa shape index (κ1) is 14.8. The Kier molecular flexibility index (Phi) is 4.60. The number of carbonyl (C=O) groups is 1. The van der Waals surface area contributed by atoms with Crippen molar-refractivity contribution in [2.24, 2.45) is 7.05 Å². The Morgan fingerprint density at radius 2 is 2.25 bits per heavy atom. The van der Waals surface area contributed by atoms with Gasteiger partial charge >= 0.3 is 0 Å². The molecule has 1 saturated heterocycles. The fourth-order valence-corrected chi connectivity index (χ4v) is 2.75. The molecule has 2 heterocycles. The maximum atomic E-state index is 12.0. The van der Waals surface area contributed by atoms with E-state index >= 15 is 0 Å². The highest BCUT2D eigenvalue weighted by atomic mass is 16.2. The second kappa shape index (κ2) is 6.22. The van der Waals surface area contributed by atoms with Gasteiger partial charge in [0, 0.05) is 39.3 Å². The molecule has 5 heteroatoms. The molecule has 1 fully saturated rings. The van der Waals surface area contributed by atoms with Gasteiger partial charge in [0.1, 0.15) is 0 Å². The van der Waals surface area contributed by atoms with Crippen LogP contribution in [-0.2, 0) is 11.8 Å². The van der Waals surface area contributed by atoms with E-state index in [9.17, 15) is 4.79 Å². The number of nitrogens with zero attached hydrogens (tertiary/aromatic N) is 3. The van der Waals surface area contributed by atoms with Gasteiger partial charge in [-0.25, -0.2) is 0 Å². The summed E-state index contributed by atoms with van der Waals surface area (Å²) in [6.07, 6.45) is 5.44. The molecule has 1 N–H and O–H groups in total. The Labute approximate surface area is 120 Å². The summed E-state index contributed by atoms with van der Waals surface area (Å²) in [4.78, 5) is 13.8. The predicted octanol–water partition coefficient (Wildman–Crippen LogP) is 1.64. The van der Waals surface area contributed by atoms with E-state index in [2.05, 4.69) is 30.3 Å². The van der Waals surface area contributed by atoms with Gasteiger partial charge in [-0.05, 0) is 26.3 Å². The van der Waals surface area contributed by atoms with Crippen molar-refractivity contribution >= 4 is 5.91 Å². The molecule has 0 unspecified atom stereocenters. The van der Waals surface area contributed by atoms with E-state index < -0.39 is 0 Å². The van der Waals surface area contributed by atoms with Crippen molar-refractivity contribution in [2.45, 2.75) is 38.8 Å². The summed E-state index contributed by atoms with van der Waals surface area (Å²) in [5.41, 5.74) is 2.38. The van der Waals surface area contributed by atoms with Gasteiger partial charge in [0.15, 0.2) is 0 Å². The summed E-state index contributed by atoms with van der Waals surface area (Å²) in [5.74, 6) is 0.205. The molecule has 0 bridgehead atoms. The zero-order valence-electron chi connectivity index (χ0n) is 12.8. The number of aromatic nitrogens is 2. The van der Waals surface area contributed by atoms with E-state index in [1.54, 1.807) is 6.20 Å². The van der Waals surface area contributed by atoms with E-state index in [-0.39, 0.29) is 18.0 Å². The minimum absolute atomic E-state index is 0.0503. The molecule has 20 heavy (non-hydrogen) atoms. The molecule has 0 aliphatic carbocycles. The lowest BCUT2D eigenvalue weighted by atomic mass is 9.93. The van der Waals surface area contributed by atoms with E-state index in [0.717, 1.165) is 18.7 Å². The van der Waals surface area contributed by atoms with Crippen molar-refractivity contribution in [2.75, 3.05) is 13.6 Å². The summed E-state index contributed by atoms with van der Waals surface area (Å²) < 4.78 is 1.86. The molecule has 110 valence electrons. The molecule has 1 aliphatic rings. The number of likely N-dealkylation sites (tertiary alicyclic amines) is 1. The average molecular weight is 276 g/mol. The van der Waals surface area contributed by atoms with Gasteiger partial charge in [-0.2, -0.15) is 5.10 Å². The number of rotatable bonds is 4. The number of piperidine rings is 1. The van der Waals surface area contributed by atoms with Crippen molar-refractivity contribution in [3.05, 3.63) is 29.6 Å². The van der Waals surface area contributed by atoms with Crippen LogP contribution in [0.15, 0.2) is 23.9 Å². The molecule has 0 radical (unpaired) electrons. The maximum Gasteiger partial charge on any atom is 0.222 e. The van der Waals surface area contributed by atoms with E-state index in [0.29, 0.717) is 6.42 Å². The first-order valence-corrected chi connectivity index (χ1v) is 7.11. The maximum absolute atomic E-state index is 12.0. The van der Waals surface area contributed by atoms with Gasteiger partial charge in [0.05, 0.1) is 11.7 Å². The van der Waals surface area contributed by atoms with Gasteiger partial charge in [-0.1, -0.05) is 11.6 Å². The van der Waals surface area contributed by atoms with Crippen LogP contribution < -0.4 is 5.32 Å². The summed E-state index contributed by atoms with van der Waals surface area (Å²) in [6.45, 7) is 5.02. The van der Waals surface area contributed by atoms with Crippen LogP contribution in [-0.4, -0.2) is 40.2 Å². The fraction of sp³-hybridized carbons (Fsp3) is 0.600. The molecule has 0 saturated carbocycles. The number of aryl methyl sites for hydroxylation is 1. The molecule has 2 rings (SSSR count). The third-order valence-corrected chi connectivity index (χ3v) is 3.91. The molecular weight excluding hydrogens is 252 g/mol. The van der Waals surface area contributed by atoms with Crippen LogP contribution >= 0.6 is 0 Å². The molecule has 5 nitrogen and oxygen atoms in total. The van der Waals surface area contributed by atoms with Crippen LogP contribution in [0.25, 0.3) is 0 Å². The number of nitrogens with one attached hydrogen (secondary N) is 1. The number of allylic oxidation sites excluding steroid dienone is 1. The Morgan fingerprint density at radius 1 is 1.50 bits per heavy atom. The number of carbonyl (C=O) groups excluding carboxylic acids is 1. The molecule has 0 aromatic carbocycles. The van der Waals surface area contributed by atoms with Crippen LogP contribution in [0.4, 0.5) is 0 Å². The Morgan fingerprint density at radius 3 is 2.85 bits per heavy atom. The molecule has 1 aliphatic heterocycles. The van der Waals surface area contributed by atoms with Crippen LogP contribution in [0.1, 0.15) is 38.4 Å². The zero-order valence-corrected chi connectivity index (χ0v) is 12.8. The highest BCUT2D eigenvalue weighted by molar-refractivity contribution is 5.77. The smallest absolute Gasteiger partial charge is 0.222 e. The van der Waals surface area contributed by atoms with E-state index in [1.807, 2.05) is 29.7 Å². The van der Waals surface area contributed by atoms with Crippen LogP contribution in [0.3, 0.4) is 0 Å². The molecule has 1 amide bonds. The van der Waals surface area contributed by atoms with Gasteiger partial charge in [-0.3, -0.25) is 9.48 Å². The lowest BCUT2D eigenvalue weighted by molar-refractivity contribution is -0.136. The quantitative estimate of drug-likeness (QED) is 0.851. The summed E-state index contributed by atoms with van der Waals surface area (Å²) >= 11 is 0. The van der Waals surface area contributed by atoms with Gasteiger partial charge in [-0.15, -0.1) is 0 Å². The summed E-state index contributed by atoms with van der Waals surface area (Å²) in [5, 5.41) is 7.79. The molecular formula is C15H24N4O. The Balaban J connectivity index is 2.18. The number of hydrogen-bond acceptors (Lipinski definition) is 3. The fourth-order valence-electron chi connectivity index (χ4n) is 2.75. The highest BCUT2D eigenvalue weighted by Crippen LogP contribution is 2.30. The van der Waals surface area contributed by atoms with E-state index in [4.69, 9.17) is 0 Å². The normalized spacial score (nSPS) is 23.0. The van der Waals surface area contributed by atoms with Crippen molar-refractivity contribution < 1.29 is 4.79 Å². The third-order valence-electron chi connectivity index (χ3n) is 3.91. The second-order valence-electron chi connectivity index (χ2n) is 5.66. The standard InChI is InChI=1S/C15H24N4O/c1-11(2)7-9-16-12-5-6-14(20)18(3)15(12)13-8-10-17-19(13)4/h7-8,10,12,15-16H,5-6,9H2,1-4H3/t12-,15-/m1/s1. The first-order chi connectivity index (χ1) is 9.50. The minimum Gasteiger partial charge on any atom is -0.336 e. The van der Waals surface area contributed by atoms with Crippen LogP contribution in [0.5, 0.6) is 0 Å². The summed E-state index contributed by atoms with van der Waals surface area (Å²) in [6, 6.07) is 2.31. The lowest BCUT2D eigenvalue weighted by Crippen LogP contribution is -2.49. The van der Waals surface area contributed by atoms with E-state index in [1.165, 1.54) is 5.57 Å². The zero-order chi connectivity index (χ0) is 14.7.